The normalized spacial score (nSPS) is 34.2. The van der Waals surface area contributed by atoms with Crippen molar-refractivity contribution in [1.29, 1.82) is 0 Å². The maximum atomic E-state index is 14.2. The van der Waals surface area contributed by atoms with E-state index in [-0.39, 0.29) is 24.3 Å². The Morgan fingerprint density at radius 3 is 2.67 bits per heavy atom. The molecule has 2 fully saturated rings. The fourth-order valence-electron chi connectivity index (χ4n) is 6.37. The van der Waals surface area contributed by atoms with Gasteiger partial charge in [-0.3, -0.25) is 14.4 Å². The first-order valence-corrected chi connectivity index (χ1v) is 13.8. The molecule has 0 radical (unpaired) electrons. The first-order chi connectivity index (χ1) is 17.4. The van der Waals surface area contributed by atoms with Crippen molar-refractivity contribution >= 4 is 17.8 Å². The highest BCUT2D eigenvalue weighted by Crippen LogP contribution is 2.53. The van der Waals surface area contributed by atoms with E-state index in [1.54, 1.807) is 9.80 Å². The number of allylic oxidation sites excluding steroid dienone is 1. The van der Waals surface area contributed by atoms with Crippen LogP contribution in [0.25, 0.3) is 0 Å². The molecule has 4 rings (SSSR count). The summed E-state index contributed by atoms with van der Waals surface area (Å²) < 4.78 is 12.2. The van der Waals surface area contributed by atoms with Crippen LogP contribution in [0.3, 0.4) is 0 Å². The lowest BCUT2D eigenvalue weighted by Crippen LogP contribution is -2.58. The number of unbranched alkanes of at least 4 members (excludes halogenated alkanes) is 2. The van der Waals surface area contributed by atoms with Crippen LogP contribution < -0.4 is 0 Å². The second kappa shape index (κ2) is 11.5. The Labute approximate surface area is 214 Å². The molecule has 0 aromatic heterocycles. The van der Waals surface area contributed by atoms with Gasteiger partial charge in [0, 0.05) is 13.1 Å². The molecular formula is C28H42N2O6. The Bertz CT molecular complexity index is 885. The lowest BCUT2D eigenvalue weighted by Gasteiger charge is -2.39. The van der Waals surface area contributed by atoms with E-state index in [1.165, 1.54) is 0 Å². The minimum atomic E-state index is -1.27. The van der Waals surface area contributed by atoms with Crippen LogP contribution in [0.1, 0.15) is 65.7 Å². The summed E-state index contributed by atoms with van der Waals surface area (Å²) in [7, 11) is 0. The zero-order valence-corrected chi connectivity index (χ0v) is 21.9. The van der Waals surface area contributed by atoms with Crippen molar-refractivity contribution in [2.45, 2.75) is 89.5 Å². The number of cyclic esters (lactones) is 1. The second-order valence-corrected chi connectivity index (χ2v) is 11.0. The largest absolute Gasteiger partial charge is 0.465 e. The van der Waals surface area contributed by atoms with Crippen LogP contribution in [-0.2, 0) is 23.9 Å². The molecule has 1 unspecified atom stereocenters. The summed E-state index contributed by atoms with van der Waals surface area (Å²) >= 11 is 0. The van der Waals surface area contributed by atoms with E-state index < -0.39 is 41.6 Å². The van der Waals surface area contributed by atoms with Gasteiger partial charge in [0.2, 0.25) is 11.8 Å². The molecule has 0 aromatic rings. The van der Waals surface area contributed by atoms with Gasteiger partial charge in [-0.05, 0) is 38.0 Å². The van der Waals surface area contributed by atoms with Gasteiger partial charge in [-0.2, -0.15) is 0 Å². The Morgan fingerprint density at radius 1 is 1.14 bits per heavy atom. The maximum absolute atomic E-state index is 14.2. The van der Waals surface area contributed by atoms with Gasteiger partial charge < -0.3 is 24.4 Å². The average Bonchev–Trinajstić information content (AvgIpc) is 3.24. The predicted molar refractivity (Wildman–Crippen MR) is 135 cm³/mol. The highest BCUT2D eigenvalue weighted by atomic mass is 16.6. The van der Waals surface area contributed by atoms with Gasteiger partial charge in [-0.25, -0.2) is 0 Å². The Morgan fingerprint density at radius 2 is 1.94 bits per heavy atom. The van der Waals surface area contributed by atoms with Crippen LogP contribution >= 0.6 is 0 Å². The number of nitrogens with zero attached hydrogens (tertiary/aromatic N) is 2. The number of rotatable bonds is 8. The number of ether oxygens (including phenoxy) is 2. The first-order valence-electron chi connectivity index (χ1n) is 13.8. The summed E-state index contributed by atoms with van der Waals surface area (Å²) in [4.78, 5) is 45.0. The van der Waals surface area contributed by atoms with Gasteiger partial charge in [0.1, 0.15) is 17.6 Å². The molecule has 0 saturated carbocycles. The molecule has 6 atom stereocenters. The minimum absolute atomic E-state index is 0.171. The van der Waals surface area contributed by atoms with Crippen molar-refractivity contribution in [3.05, 3.63) is 24.3 Å². The van der Waals surface area contributed by atoms with Crippen LogP contribution in [0.2, 0.25) is 0 Å². The summed E-state index contributed by atoms with van der Waals surface area (Å²) in [6.45, 7) is 7.26. The first kappa shape index (κ1) is 26.9. The van der Waals surface area contributed by atoms with Gasteiger partial charge in [0.15, 0.2) is 0 Å². The van der Waals surface area contributed by atoms with E-state index in [1.807, 2.05) is 38.2 Å². The smallest absolute Gasteiger partial charge is 0.312 e. The highest BCUT2D eigenvalue weighted by Gasteiger charge is 2.72. The van der Waals surface area contributed by atoms with E-state index in [0.29, 0.717) is 26.1 Å². The van der Waals surface area contributed by atoms with Crippen molar-refractivity contribution in [3.8, 4) is 0 Å². The quantitative estimate of drug-likeness (QED) is 0.312. The topological polar surface area (TPSA) is 96.4 Å². The molecule has 8 heteroatoms. The monoisotopic (exact) mass is 502 g/mol. The van der Waals surface area contributed by atoms with E-state index in [4.69, 9.17) is 9.47 Å². The number of fused-ring (bicyclic) bond motifs is 2. The van der Waals surface area contributed by atoms with E-state index in [2.05, 4.69) is 6.92 Å². The number of esters is 1. The zero-order chi connectivity index (χ0) is 25.9. The molecule has 8 nitrogen and oxygen atoms in total. The fraction of sp³-hybridized carbons (Fsp3) is 0.750. The second-order valence-electron chi connectivity index (χ2n) is 11.0. The molecule has 2 saturated heterocycles. The van der Waals surface area contributed by atoms with Gasteiger partial charge in [0.25, 0.3) is 0 Å². The van der Waals surface area contributed by atoms with Crippen LogP contribution in [0, 0.1) is 17.8 Å². The highest BCUT2D eigenvalue weighted by molar-refractivity contribution is 5.99. The van der Waals surface area contributed by atoms with Crippen LogP contribution in [0.5, 0.6) is 0 Å². The molecule has 200 valence electrons. The molecule has 1 spiro atoms. The van der Waals surface area contributed by atoms with Crippen molar-refractivity contribution in [2.24, 2.45) is 17.8 Å². The van der Waals surface area contributed by atoms with Crippen LogP contribution in [0.15, 0.2) is 24.3 Å². The molecule has 2 amide bonds. The number of carbonyl (C=O) groups excluding carboxylic acids is 3. The number of hydrogen-bond acceptors (Lipinski definition) is 6. The lowest BCUT2D eigenvalue weighted by molar-refractivity contribution is -0.156. The number of hydrogen-bond donors (Lipinski definition) is 1. The van der Waals surface area contributed by atoms with E-state index in [9.17, 15) is 19.5 Å². The summed E-state index contributed by atoms with van der Waals surface area (Å²) in [5, 5.41) is 10.4. The SMILES string of the molecule is CCCCCN1CC=C[C@]23O[C@H]4/C=C\CCCCOC(=O)[C@H]4[C@H]2C(=O)N([C@@H](CO)CC(C)C)C3C1=O. The zero-order valence-electron chi connectivity index (χ0n) is 21.9. The molecule has 4 aliphatic rings. The van der Waals surface area contributed by atoms with Crippen molar-refractivity contribution in [2.75, 3.05) is 26.3 Å². The van der Waals surface area contributed by atoms with Gasteiger partial charge in [-0.1, -0.05) is 57.9 Å². The molecular weight excluding hydrogens is 460 g/mol. The Kier molecular flexibility index (Phi) is 8.56. The standard InChI is InChI=1S/C28H42N2O6/c1-4-5-9-14-29-15-11-13-28-23(22-21(36-28)12-8-6-7-10-16-35-27(22)34)25(32)30(24(28)26(29)33)20(18-31)17-19(2)3/h8,11-13,19-24,31H,4-7,9-10,14-18H2,1-3H3/b12-8-/t20-,21+,22-,23+,24?,28+/m1/s1. The molecule has 4 aliphatic heterocycles. The number of carbonyl (C=O) groups is 3. The molecule has 0 bridgehead atoms. The van der Waals surface area contributed by atoms with Crippen LogP contribution in [0.4, 0.5) is 0 Å². The number of aliphatic hydroxyl groups is 1. The number of amides is 2. The molecule has 0 aliphatic carbocycles. The predicted octanol–water partition coefficient (Wildman–Crippen LogP) is 2.85. The van der Waals surface area contributed by atoms with Gasteiger partial charge in [-0.15, -0.1) is 0 Å². The fourth-order valence-corrected chi connectivity index (χ4v) is 6.37. The third-order valence-electron chi connectivity index (χ3n) is 8.00. The average molecular weight is 503 g/mol. The Balaban J connectivity index is 1.79. The third kappa shape index (κ3) is 4.86. The van der Waals surface area contributed by atoms with Crippen molar-refractivity contribution in [3.63, 3.8) is 0 Å². The van der Waals surface area contributed by atoms with Gasteiger partial charge >= 0.3 is 5.97 Å². The van der Waals surface area contributed by atoms with Crippen LogP contribution in [-0.4, -0.2) is 82.8 Å². The summed E-state index contributed by atoms with van der Waals surface area (Å²) in [5.74, 6) is -2.42. The maximum Gasteiger partial charge on any atom is 0.312 e. The summed E-state index contributed by atoms with van der Waals surface area (Å²) in [6.07, 6.45) is 13.0. The third-order valence-corrected chi connectivity index (χ3v) is 8.00. The molecule has 1 N–H and O–H groups in total. The summed E-state index contributed by atoms with van der Waals surface area (Å²) in [5.41, 5.74) is -1.27. The number of aliphatic hydroxyl groups excluding tert-OH is 1. The minimum Gasteiger partial charge on any atom is -0.465 e. The number of likely N-dealkylation sites (tertiary alicyclic amines) is 1. The summed E-state index contributed by atoms with van der Waals surface area (Å²) in [6, 6.07) is -1.46. The van der Waals surface area contributed by atoms with Gasteiger partial charge in [0.05, 0.1) is 31.3 Å². The van der Waals surface area contributed by atoms with Crippen molar-refractivity contribution in [1.82, 2.24) is 9.80 Å². The molecule has 0 aromatic carbocycles. The van der Waals surface area contributed by atoms with Crippen molar-refractivity contribution < 1.29 is 29.0 Å². The lowest BCUT2D eigenvalue weighted by atomic mass is 9.78. The van der Waals surface area contributed by atoms with E-state index >= 15 is 0 Å². The Hall–Kier alpha value is -2.19. The molecule has 36 heavy (non-hydrogen) atoms. The molecule has 4 heterocycles. The van der Waals surface area contributed by atoms with E-state index in [0.717, 1.165) is 38.5 Å².